The molecule has 152 valence electrons. The van der Waals surface area contributed by atoms with Crippen molar-refractivity contribution >= 4 is 44.5 Å². The first-order chi connectivity index (χ1) is 15.0. The summed E-state index contributed by atoms with van der Waals surface area (Å²) in [6, 6.07) is 21.3. The van der Waals surface area contributed by atoms with Crippen molar-refractivity contribution in [1.29, 1.82) is 5.26 Å². The Hall–Kier alpha value is -3.69. The minimum atomic E-state index is -0.439. The van der Waals surface area contributed by atoms with Crippen LogP contribution in [0.4, 0.5) is 5.69 Å². The predicted molar refractivity (Wildman–Crippen MR) is 127 cm³/mol. The summed E-state index contributed by atoms with van der Waals surface area (Å²) < 4.78 is 3.03. The van der Waals surface area contributed by atoms with Crippen molar-refractivity contribution in [3.63, 3.8) is 0 Å². The van der Waals surface area contributed by atoms with E-state index in [9.17, 15) is 10.1 Å². The summed E-state index contributed by atoms with van der Waals surface area (Å²) in [5.41, 5.74) is 5.41. The van der Waals surface area contributed by atoms with Gasteiger partial charge < -0.3 is 9.88 Å². The Morgan fingerprint density at radius 2 is 1.90 bits per heavy atom. The molecule has 0 saturated carbocycles. The van der Waals surface area contributed by atoms with Gasteiger partial charge in [-0.1, -0.05) is 22.0 Å². The number of nitrogens with one attached hydrogen (secondary N) is 1. The van der Waals surface area contributed by atoms with Gasteiger partial charge in [-0.25, -0.2) is 0 Å². The number of aryl methyl sites for hydroxylation is 1. The molecule has 5 nitrogen and oxygen atoms in total. The number of anilines is 1. The number of nitriles is 1. The largest absolute Gasteiger partial charge is 0.321 e. The van der Waals surface area contributed by atoms with Crippen LogP contribution in [0.15, 0.2) is 76.9 Å². The highest BCUT2D eigenvalue weighted by molar-refractivity contribution is 9.10. The highest BCUT2D eigenvalue weighted by Gasteiger charge is 2.14. The Morgan fingerprint density at radius 3 is 2.65 bits per heavy atom. The molecule has 0 bridgehead atoms. The maximum Gasteiger partial charge on any atom is 0.266 e. The Kier molecular flexibility index (Phi) is 5.70. The van der Waals surface area contributed by atoms with Crippen LogP contribution in [0.25, 0.3) is 22.7 Å². The highest BCUT2D eigenvalue weighted by atomic mass is 79.9. The number of amides is 1. The monoisotopic (exact) mass is 470 g/mol. The smallest absolute Gasteiger partial charge is 0.266 e. The van der Waals surface area contributed by atoms with Crippen LogP contribution in [0.1, 0.15) is 17.0 Å². The molecule has 31 heavy (non-hydrogen) atoms. The molecular formula is C25H19BrN4O. The fourth-order valence-corrected chi connectivity index (χ4v) is 3.83. The van der Waals surface area contributed by atoms with Crippen molar-refractivity contribution in [2.45, 2.75) is 13.8 Å². The second kappa shape index (κ2) is 8.58. The molecule has 2 heterocycles. The van der Waals surface area contributed by atoms with Crippen LogP contribution >= 0.6 is 15.9 Å². The lowest BCUT2D eigenvalue weighted by Gasteiger charge is -2.11. The van der Waals surface area contributed by atoms with Gasteiger partial charge in [0, 0.05) is 38.8 Å². The zero-order valence-corrected chi connectivity index (χ0v) is 18.6. The summed E-state index contributed by atoms with van der Waals surface area (Å²) in [6.07, 6.45) is 3.41. The van der Waals surface area contributed by atoms with E-state index in [2.05, 4.69) is 36.9 Å². The second-order valence-corrected chi connectivity index (χ2v) is 8.09. The summed E-state index contributed by atoms with van der Waals surface area (Å²) in [6.45, 7) is 3.99. The van der Waals surface area contributed by atoms with Gasteiger partial charge in [-0.05, 0) is 80.1 Å². The molecule has 0 aliphatic rings. The Bertz CT molecular complexity index is 1360. The number of fused-ring (bicyclic) bond motifs is 1. The third-order valence-corrected chi connectivity index (χ3v) is 5.61. The third-order valence-electron chi connectivity index (χ3n) is 5.08. The lowest BCUT2D eigenvalue weighted by molar-refractivity contribution is -0.112. The van der Waals surface area contributed by atoms with Gasteiger partial charge in [-0.3, -0.25) is 9.78 Å². The normalized spacial score (nSPS) is 11.4. The first kappa shape index (κ1) is 20.6. The van der Waals surface area contributed by atoms with E-state index >= 15 is 0 Å². The van der Waals surface area contributed by atoms with Crippen molar-refractivity contribution in [2.24, 2.45) is 0 Å². The number of hydrogen-bond donors (Lipinski definition) is 1. The third kappa shape index (κ3) is 4.27. The SMILES string of the molecule is Cc1cc(/C=C(/C#N)C(=O)Nc2ccc(Br)cc2)c(C)n1-c1ccc2ncccc2c1. The summed E-state index contributed by atoms with van der Waals surface area (Å²) in [4.78, 5) is 17.0. The number of rotatable bonds is 4. The molecule has 1 amide bonds. The van der Waals surface area contributed by atoms with Gasteiger partial charge in [0.2, 0.25) is 0 Å². The molecule has 0 unspecified atom stereocenters. The molecule has 4 rings (SSSR count). The fourth-order valence-electron chi connectivity index (χ4n) is 3.57. The summed E-state index contributed by atoms with van der Waals surface area (Å²) >= 11 is 3.37. The van der Waals surface area contributed by atoms with E-state index in [4.69, 9.17) is 0 Å². The molecule has 0 saturated heterocycles. The van der Waals surface area contributed by atoms with Crippen LogP contribution in [-0.4, -0.2) is 15.5 Å². The van der Waals surface area contributed by atoms with Crippen LogP contribution in [-0.2, 0) is 4.79 Å². The van der Waals surface area contributed by atoms with Crippen LogP contribution in [0, 0.1) is 25.2 Å². The molecule has 4 aromatic rings. The van der Waals surface area contributed by atoms with Gasteiger partial charge >= 0.3 is 0 Å². The molecule has 0 fully saturated rings. The molecule has 0 radical (unpaired) electrons. The number of nitrogens with zero attached hydrogens (tertiary/aromatic N) is 3. The second-order valence-electron chi connectivity index (χ2n) is 7.17. The Balaban J connectivity index is 1.67. The predicted octanol–water partition coefficient (Wildman–Crippen LogP) is 5.95. The topological polar surface area (TPSA) is 70.7 Å². The summed E-state index contributed by atoms with van der Waals surface area (Å²) in [7, 11) is 0. The minimum absolute atomic E-state index is 0.0471. The van der Waals surface area contributed by atoms with Gasteiger partial charge in [0.15, 0.2) is 0 Å². The summed E-state index contributed by atoms with van der Waals surface area (Å²) in [5, 5.41) is 13.4. The lowest BCUT2D eigenvalue weighted by atomic mass is 10.1. The molecule has 0 aliphatic carbocycles. The minimum Gasteiger partial charge on any atom is -0.321 e. The highest BCUT2D eigenvalue weighted by Crippen LogP contribution is 2.25. The van der Waals surface area contributed by atoms with Crippen LogP contribution < -0.4 is 5.32 Å². The average Bonchev–Trinajstić information content (AvgIpc) is 3.06. The van der Waals surface area contributed by atoms with Crippen LogP contribution in [0.5, 0.6) is 0 Å². The standard InChI is InChI=1S/C25H19BrN4O/c1-16-12-19(13-20(15-27)25(31)29-22-7-5-21(26)6-8-22)17(2)30(16)23-9-10-24-18(14-23)4-3-11-28-24/h3-14H,1-2H3,(H,29,31)/b20-13-. The first-order valence-electron chi connectivity index (χ1n) is 9.69. The van der Waals surface area contributed by atoms with Gasteiger partial charge in [-0.2, -0.15) is 5.26 Å². The van der Waals surface area contributed by atoms with E-state index < -0.39 is 5.91 Å². The van der Waals surface area contributed by atoms with Crippen molar-refractivity contribution in [3.05, 3.63) is 93.9 Å². The number of benzene rings is 2. The molecule has 1 N–H and O–H groups in total. The van der Waals surface area contributed by atoms with Crippen molar-refractivity contribution < 1.29 is 4.79 Å². The van der Waals surface area contributed by atoms with Gasteiger partial charge in [0.1, 0.15) is 11.6 Å². The molecule has 0 aliphatic heterocycles. The lowest BCUT2D eigenvalue weighted by Crippen LogP contribution is -2.13. The molecular weight excluding hydrogens is 452 g/mol. The fraction of sp³-hybridized carbons (Fsp3) is 0.0800. The zero-order valence-electron chi connectivity index (χ0n) is 17.1. The number of halogens is 1. The summed E-state index contributed by atoms with van der Waals surface area (Å²) in [5.74, 6) is -0.439. The maximum atomic E-state index is 12.6. The molecule has 0 spiro atoms. The number of pyridine rings is 1. The number of hydrogen-bond acceptors (Lipinski definition) is 3. The zero-order chi connectivity index (χ0) is 22.0. The van der Waals surface area contributed by atoms with Gasteiger partial charge in [-0.15, -0.1) is 0 Å². The molecule has 0 atom stereocenters. The van der Waals surface area contributed by atoms with Crippen LogP contribution in [0.2, 0.25) is 0 Å². The van der Waals surface area contributed by atoms with E-state index in [-0.39, 0.29) is 5.57 Å². The first-order valence-corrected chi connectivity index (χ1v) is 10.5. The number of carbonyl (C=O) groups excluding carboxylic acids is 1. The quantitative estimate of drug-likeness (QED) is 0.295. The molecule has 2 aromatic heterocycles. The molecule has 6 heteroatoms. The van der Waals surface area contributed by atoms with E-state index in [1.807, 2.05) is 62.4 Å². The van der Waals surface area contributed by atoms with E-state index in [1.54, 1.807) is 24.4 Å². The Morgan fingerprint density at radius 1 is 1.13 bits per heavy atom. The molecule has 2 aromatic carbocycles. The van der Waals surface area contributed by atoms with Crippen LogP contribution in [0.3, 0.4) is 0 Å². The van der Waals surface area contributed by atoms with Crippen molar-refractivity contribution in [3.8, 4) is 11.8 Å². The maximum absolute atomic E-state index is 12.6. The van der Waals surface area contributed by atoms with Gasteiger partial charge in [0.25, 0.3) is 5.91 Å². The van der Waals surface area contributed by atoms with E-state index in [1.165, 1.54) is 0 Å². The van der Waals surface area contributed by atoms with Crippen molar-refractivity contribution in [2.75, 3.05) is 5.32 Å². The number of carbonyl (C=O) groups is 1. The Labute approximate surface area is 188 Å². The van der Waals surface area contributed by atoms with Crippen molar-refractivity contribution in [1.82, 2.24) is 9.55 Å². The number of aromatic nitrogens is 2. The van der Waals surface area contributed by atoms with E-state index in [0.717, 1.165) is 38.0 Å². The average molecular weight is 471 g/mol. The van der Waals surface area contributed by atoms with Gasteiger partial charge in [0.05, 0.1) is 5.52 Å². The van der Waals surface area contributed by atoms with E-state index in [0.29, 0.717) is 5.69 Å².